The highest BCUT2D eigenvalue weighted by atomic mass is 28.3. The Bertz CT molecular complexity index is 2010. The molecule has 4 N–H and O–H groups in total. The first-order chi connectivity index (χ1) is 25.2. The Balaban J connectivity index is 1.25. The van der Waals surface area contributed by atoms with Crippen LogP contribution >= 0.6 is 0 Å². The topological polar surface area (TPSA) is 184 Å². The number of nitrogens with zero attached hydrogens (tertiary/aromatic N) is 4. The molecule has 4 heterocycles. The summed E-state index contributed by atoms with van der Waals surface area (Å²) < 4.78 is 15.0. The van der Waals surface area contributed by atoms with Gasteiger partial charge < -0.3 is 44.6 Å². The van der Waals surface area contributed by atoms with E-state index in [4.69, 9.17) is 24.2 Å². The van der Waals surface area contributed by atoms with Gasteiger partial charge in [0, 0.05) is 19.8 Å². The number of hydrogen-bond donors (Lipinski definition) is 4. The van der Waals surface area contributed by atoms with Crippen molar-refractivity contribution in [2.75, 3.05) is 34.0 Å². The summed E-state index contributed by atoms with van der Waals surface area (Å²) >= 11 is 0. The quantitative estimate of drug-likeness (QED) is 0.162. The van der Waals surface area contributed by atoms with Crippen LogP contribution in [0.3, 0.4) is 0 Å². The molecule has 2 aromatic heterocycles. The van der Waals surface area contributed by atoms with Crippen LogP contribution in [0.5, 0.6) is 0 Å². The number of carbonyl (C=O) groups excluding carboxylic acids is 4. The molecule has 4 aromatic rings. The second-order valence-corrected chi connectivity index (χ2v) is 20.2. The molecule has 4 amide bonds. The lowest BCUT2D eigenvalue weighted by Crippen LogP contribution is -2.54. The first-order valence-corrected chi connectivity index (χ1v) is 21.5. The van der Waals surface area contributed by atoms with E-state index < -0.39 is 38.4 Å². The number of hydrogen-bond acceptors (Lipinski definition) is 9. The Morgan fingerprint density at radius 2 is 1.32 bits per heavy atom. The zero-order valence-electron chi connectivity index (χ0n) is 31.6. The lowest BCUT2D eigenvalue weighted by Gasteiger charge is -2.31. The molecule has 0 bridgehead atoms. The second-order valence-electron chi connectivity index (χ2n) is 15.2. The van der Waals surface area contributed by atoms with Crippen molar-refractivity contribution in [2.45, 2.75) is 83.0 Å². The van der Waals surface area contributed by atoms with Gasteiger partial charge in [0.2, 0.25) is 11.8 Å². The number of H-pyrrole nitrogens is 2. The molecule has 0 saturated carbocycles. The van der Waals surface area contributed by atoms with E-state index >= 15 is 0 Å². The zero-order chi connectivity index (χ0) is 38.2. The number of benzene rings is 2. The predicted octanol–water partition coefficient (Wildman–Crippen LogP) is 5.04. The van der Waals surface area contributed by atoms with Crippen LogP contribution in [0.4, 0.5) is 9.59 Å². The zero-order valence-corrected chi connectivity index (χ0v) is 32.6. The number of imidazole rings is 2. The molecule has 2 fully saturated rings. The fourth-order valence-corrected chi connectivity index (χ4v) is 10.4. The SMILES string of the molecule is COC(=O)N[C@H](C(=O)N1CCC[C@H]1c1nc2ccc(-c3ccc4nc([C@@H]5C[Si](C)(C)CN5C(=O)[C@@H](NC(=O)OC)C(C)OC)[nH]c4c3)cc2[nH]1)C(C)C. The highest BCUT2D eigenvalue weighted by Gasteiger charge is 2.46. The number of aromatic nitrogens is 4. The Morgan fingerprint density at radius 3 is 1.85 bits per heavy atom. The van der Waals surface area contributed by atoms with Crippen LogP contribution in [0.1, 0.15) is 57.3 Å². The maximum Gasteiger partial charge on any atom is 0.407 e. The monoisotopic (exact) mass is 746 g/mol. The number of carbonyl (C=O) groups is 4. The van der Waals surface area contributed by atoms with Gasteiger partial charge in [-0.2, -0.15) is 0 Å². The number of ether oxygens (including phenoxy) is 3. The van der Waals surface area contributed by atoms with E-state index in [9.17, 15) is 19.2 Å². The average molecular weight is 747 g/mol. The summed E-state index contributed by atoms with van der Waals surface area (Å²) in [5, 5.41) is 5.36. The van der Waals surface area contributed by atoms with Gasteiger partial charge in [0.05, 0.1) is 62.5 Å². The number of methoxy groups -OCH3 is 3. The van der Waals surface area contributed by atoms with Crippen LogP contribution in [0, 0.1) is 5.92 Å². The van der Waals surface area contributed by atoms with Crippen LogP contribution in [0.25, 0.3) is 33.2 Å². The third-order valence-corrected chi connectivity index (χ3v) is 13.2. The Labute approximate surface area is 309 Å². The van der Waals surface area contributed by atoms with E-state index in [0.717, 1.165) is 52.1 Å². The molecular weight excluding hydrogens is 697 g/mol. The summed E-state index contributed by atoms with van der Waals surface area (Å²) in [5.41, 5.74) is 5.22. The molecule has 0 aliphatic carbocycles. The van der Waals surface area contributed by atoms with Crippen molar-refractivity contribution in [3.63, 3.8) is 0 Å². The third-order valence-electron chi connectivity index (χ3n) is 10.5. The minimum Gasteiger partial charge on any atom is -0.453 e. The molecule has 0 radical (unpaired) electrons. The van der Waals surface area contributed by atoms with Crippen molar-refractivity contribution in [1.29, 1.82) is 0 Å². The van der Waals surface area contributed by atoms with Crippen molar-refractivity contribution in [2.24, 2.45) is 5.92 Å². The second kappa shape index (κ2) is 15.2. The first-order valence-electron chi connectivity index (χ1n) is 18.1. The predicted molar refractivity (Wildman–Crippen MR) is 202 cm³/mol. The van der Waals surface area contributed by atoms with Crippen LogP contribution in [-0.4, -0.2) is 114 Å². The van der Waals surface area contributed by atoms with Gasteiger partial charge in [-0.25, -0.2) is 19.6 Å². The van der Waals surface area contributed by atoms with Gasteiger partial charge in [0.1, 0.15) is 23.7 Å². The summed E-state index contributed by atoms with van der Waals surface area (Å²) in [7, 11) is 2.24. The lowest BCUT2D eigenvalue weighted by atomic mass is 10.0. The van der Waals surface area contributed by atoms with Gasteiger partial charge in [-0.3, -0.25) is 9.59 Å². The lowest BCUT2D eigenvalue weighted by molar-refractivity contribution is -0.137. The largest absolute Gasteiger partial charge is 0.453 e. The maximum atomic E-state index is 14.0. The maximum absolute atomic E-state index is 14.0. The number of alkyl carbamates (subject to hydrolysis) is 2. The molecule has 2 aromatic carbocycles. The first kappa shape index (κ1) is 37.8. The van der Waals surface area contributed by atoms with Crippen molar-refractivity contribution in [3.05, 3.63) is 48.0 Å². The van der Waals surface area contributed by atoms with Gasteiger partial charge in [-0.05, 0) is 67.1 Å². The van der Waals surface area contributed by atoms with Crippen LogP contribution in [0.2, 0.25) is 19.1 Å². The van der Waals surface area contributed by atoms with Gasteiger partial charge in [0.25, 0.3) is 0 Å². The molecule has 6 rings (SSSR count). The van der Waals surface area contributed by atoms with E-state index in [2.05, 4.69) is 45.8 Å². The normalized spacial score (nSPS) is 20.1. The van der Waals surface area contributed by atoms with Gasteiger partial charge in [-0.1, -0.05) is 39.1 Å². The molecule has 2 aliphatic heterocycles. The Kier molecular flexibility index (Phi) is 10.8. The smallest absolute Gasteiger partial charge is 0.407 e. The minimum atomic E-state index is -1.82. The van der Waals surface area contributed by atoms with Crippen molar-refractivity contribution in [3.8, 4) is 11.1 Å². The minimum absolute atomic E-state index is 0.120. The van der Waals surface area contributed by atoms with E-state index in [1.807, 2.05) is 43.0 Å². The van der Waals surface area contributed by atoms with Gasteiger partial charge >= 0.3 is 12.2 Å². The van der Waals surface area contributed by atoms with Crippen molar-refractivity contribution < 1.29 is 33.4 Å². The van der Waals surface area contributed by atoms with Crippen LogP contribution in [-0.2, 0) is 23.8 Å². The summed E-state index contributed by atoms with van der Waals surface area (Å²) in [6, 6.07) is 10.8. The molecule has 284 valence electrons. The molecular formula is C37H50N8O7Si. The number of rotatable bonds is 10. The highest BCUT2D eigenvalue weighted by molar-refractivity contribution is 6.78. The molecule has 16 heteroatoms. The number of likely N-dealkylation sites (tertiary alicyclic amines) is 1. The fraction of sp³-hybridized carbons (Fsp3) is 0.514. The van der Waals surface area contributed by atoms with Gasteiger partial charge in [0.15, 0.2) is 0 Å². The summed E-state index contributed by atoms with van der Waals surface area (Å²) in [6.45, 7) is 10.6. The summed E-state index contributed by atoms with van der Waals surface area (Å²) in [5.74, 6) is 0.910. The Morgan fingerprint density at radius 1 is 0.792 bits per heavy atom. The van der Waals surface area contributed by atoms with Crippen LogP contribution in [0.15, 0.2) is 36.4 Å². The number of fused-ring (bicyclic) bond motifs is 2. The molecule has 2 aliphatic rings. The van der Waals surface area contributed by atoms with E-state index in [0.29, 0.717) is 24.4 Å². The summed E-state index contributed by atoms with van der Waals surface area (Å²) in [4.78, 5) is 72.2. The number of aromatic amines is 2. The van der Waals surface area contributed by atoms with Crippen molar-refractivity contribution in [1.82, 2.24) is 40.4 Å². The van der Waals surface area contributed by atoms with Crippen LogP contribution < -0.4 is 10.6 Å². The van der Waals surface area contributed by atoms with E-state index in [-0.39, 0.29) is 29.8 Å². The Hall–Kier alpha value is -4.96. The number of nitrogens with one attached hydrogen (secondary N) is 4. The third kappa shape index (κ3) is 7.74. The highest BCUT2D eigenvalue weighted by Crippen LogP contribution is 2.39. The number of amides is 4. The fourth-order valence-electron chi connectivity index (χ4n) is 7.55. The molecule has 5 atom stereocenters. The van der Waals surface area contributed by atoms with Crippen molar-refractivity contribution >= 4 is 54.1 Å². The molecule has 0 spiro atoms. The molecule has 15 nitrogen and oxygen atoms in total. The molecule has 53 heavy (non-hydrogen) atoms. The van der Waals surface area contributed by atoms with Gasteiger partial charge in [-0.15, -0.1) is 0 Å². The molecule has 1 unspecified atom stereocenters. The van der Waals surface area contributed by atoms with E-state index in [1.165, 1.54) is 21.3 Å². The standard InChI is InChI=1S/C37H50N8O7Si/c1-20(2)30(42-36(48)51-5)34(46)44-15-9-10-28(44)32-38-24-13-11-22(16-26(24)40-32)23-12-14-25-27(17-23)41-33(39-25)29-18-53(7,8)19-45(29)35(47)31(21(3)50-4)43-37(49)52-6/h11-14,16-17,20-21,28-31H,9-10,15,18-19H2,1-8H3,(H,38,40)(H,39,41)(H,42,48)(H,43,49)/t21?,28-,29-,30-,31-/m0/s1. The molecule has 2 saturated heterocycles. The summed E-state index contributed by atoms with van der Waals surface area (Å²) in [6.07, 6.45) is 0.318. The average Bonchev–Trinajstić information content (AvgIpc) is 3.94. The van der Waals surface area contributed by atoms with E-state index in [1.54, 1.807) is 11.8 Å².